The summed E-state index contributed by atoms with van der Waals surface area (Å²) in [6, 6.07) is 10.6. The van der Waals surface area contributed by atoms with Crippen LogP contribution in [-0.2, 0) is 0 Å². The van der Waals surface area contributed by atoms with E-state index in [9.17, 15) is 13.6 Å². The summed E-state index contributed by atoms with van der Waals surface area (Å²) >= 11 is 5.70. The van der Waals surface area contributed by atoms with Crippen molar-refractivity contribution in [3.05, 3.63) is 64.7 Å². The zero-order chi connectivity index (χ0) is 16.4. The summed E-state index contributed by atoms with van der Waals surface area (Å²) in [7, 11) is 0. The van der Waals surface area contributed by atoms with Crippen molar-refractivity contribution in [2.75, 3.05) is 31.1 Å². The molecule has 0 unspecified atom stereocenters. The average Bonchev–Trinajstić information content (AvgIpc) is 2.55. The van der Waals surface area contributed by atoms with E-state index < -0.39 is 5.82 Å². The van der Waals surface area contributed by atoms with E-state index in [0.717, 1.165) is 6.07 Å². The van der Waals surface area contributed by atoms with Crippen LogP contribution in [-0.4, -0.2) is 37.0 Å². The Kier molecular flexibility index (Phi) is 4.48. The van der Waals surface area contributed by atoms with Gasteiger partial charge in [0.2, 0.25) is 0 Å². The van der Waals surface area contributed by atoms with Gasteiger partial charge in [-0.2, -0.15) is 0 Å². The second-order valence-corrected chi connectivity index (χ2v) is 5.79. The maximum atomic E-state index is 13.9. The lowest BCUT2D eigenvalue weighted by molar-refractivity contribution is 0.0742. The predicted molar refractivity (Wildman–Crippen MR) is 85.9 cm³/mol. The van der Waals surface area contributed by atoms with Crippen LogP contribution < -0.4 is 4.90 Å². The smallest absolute Gasteiger partial charge is 0.256 e. The molecule has 1 aliphatic rings. The minimum atomic E-state index is -0.626. The Bertz CT molecular complexity index is 730. The minimum absolute atomic E-state index is 0.00809. The number of piperazine rings is 1. The molecule has 6 heteroatoms. The first-order chi connectivity index (χ1) is 11.1. The Hall–Kier alpha value is -2.14. The number of anilines is 1. The third kappa shape index (κ3) is 3.29. The fourth-order valence-electron chi connectivity index (χ4n) is 2.69. The number of nitrogens with zero attached hydrogens (tertiary/aromatic N) is 2. The zero-order valence-corrected chi connectivity index (χ0v) is 13.1. The molecule has 3 rings (SSSR count). The Morgan fingerprint density at radius 1 is 0.957 bits per heavy atom. The van der Waals surface area contributed by atoms with Crippen molar-refractivity contribution in [3.63, 3.8) is 0 Å². The highest BCUT2D eigenvalue weighted by Gasteiger charge is 2.25. The number of para-hydroxylation sites is 1. The lowest BCUT2D eigenvalue weighted by Crippen LogP contribution is -2.49. The molecule has 1 fully saturated rings. The van der Waals surface area contributed by atoms with Gasteiger partial charge in [0, 0.05) is 31.2 Å². The first kappa shape index (κ1) is 15.7. The Morgan fingerprint density at radius 2 is 1.65 bits per heavy atom. The molecule has 0 atom stereocenters. The third-order valence-electron chi connectivity index (χ3n) is 3.92. The van der Waals surface area contributed by atoms with E-state index in [0.29, 0.717) is 31.9 Å². The van der Waals surface area contributed by atoms with E-state index in [1.165, 1.54) is 18.2 Å². The van der Waals surface area contributed by atoms with Crippen LogP contribution in [0, 0.1) is 11.6 Å². The van der Waals surface area contributed by atoms with Gasteiger partial charge in [-0.15, -0.1) is 0 Å². The summed E-state index contributed by atoms with van der Waals surface area (Å²) in [6.07, 6.45) is 0. The average molecular weight is 337 g/mol. The van der Waals surface area contributed by atoms with E-state index in [2.05, 4.69) is 0 Å². The summed E-state index contributed by atoms with van der Waals surface area (Å²) in [6.45, 7) is 1.83. The minimum Gasteiger partial charge on any atom is -0.366 e. The van der Waals surface area contributed by atoms with Crippen molar-refractivity contribution >= 4 is 23.2 Å². The van der Waals surface area contributed by atoms with Gasteiger partial charge in [0.05, 0.1) is 11.3 Å². The molecule has 1 aliphatic heterocycles. The molecule has 1 heterocycles. The Labute approximate surface area is 138 Å². The second kappa shape index (κ2) is 6.54. The molecule has 120 valence electrons. The highest BCUT2D eigenvalue weighted by molar-refractivity contribution is 6.30. The third-order valence-corrected chi connectivity index (χ3v) is 4.16. The van der Waals surface area contributed by atoms with Crippen molar-refractivity contribution in [2.24, 2.45) is 0 Å². The van der Waals surface area contributed by atoms with Gasteiger partial charge in [-0.25, -0.2) is 8.78 Å². The van der Waals surface area contributed by atoms with Gasteiger partial charge >= 0.3 is 0 Å². The van der Waals surface area contributed by atoms with Crippen LogP contribution in [0.3, 0.4) is 0 Å². The molecule has 23 heavy (non-hydrogen) atoms. The molecule has 2 aromatic carbocycles. The summed E-state index contributed by atoms with van der Waals surface area (Å²) in [5.74, 6) is -1.28. The fourth-order valence-corrected chi connectivity index (χ4v) is 2.85. The largest absolute Gasteiger partial charge is 0.366 e. The number of hydrogen-bond acceptors (Lipinski definition) is 2. The normalized spacial score (nSPS) is 14.9. The number of amides is 1. The van der Waals surface area contributed by atoms with Crippen LogP contribution in [0.15, 0.2) is 42.5 Å². The number of hydrogen-bond donors (Lipinski definition) is 0. The Balaban J connectivity index is 1.69. The van der Waals surface area contributed by atoms with Crippen molar-refractivity contribution in [3.8, 4) is 0 Å². The van der Waals surface area contributed by atoms with Crippen LogP contribution in [0.4, 0.5) is 14.5 Å². The van der Waals surface area contributed by atoms with E-state index in [1.54, 1.807) is 23.1 Å². The Morgan fingerprint density at radius 3 is 2.30 bits per heavy atom. The van der Waals surface area contributed by atoms with Crippen molar-refractivity contribution in [1.82, 2.24) is 4.90 Å². The van der Waals surface area contributed by atoms with Gasteiger partial charge in [-0.05, 0) is 30.3 Å². The summed E-state index contributed by atoms with van der Waals surface area (Å²) in [5.41, 5.74) is 0.533. The molecule has 1 saturated heterocycles. The van der Waals surface area contributed by atoms with Crippen LogP contribution in [0.25, 0.3) is 0 Å². The van der Waals surface area contributed by atoms with Gasteiger partial charge in [0.25, 0.3) is 5.91 Å². The van der Waals surface area contributed by atoms with Crippen LogP contribution in [0.1, 0.15) is 10.4 Å². The maximum absolute atomic E-state index is 13.9. The number of carbonyl (C=O) groups is 1. The van der Waals surface area contributed by atoms with Crippen LogP contribution in [0.2, 0.25) is 5.02 Å². The maximum Gasteiger partial charge on any atom is 0.256 e. The standard InChI is InChI=1S/C17H15ClF2N2O/c18-12-5-6-13(15(20)11-12)17(23)22-9-7-21(8-10-22)16-4-2-1-3-14(16)19/h1-6,11H,7-10H2. The molecule has 1 amide bonds. The molecule has 0 aliphatic carbocycles. The van der Waals surface area contributed by atoms with Crippen molar-refractivity contribution in [1.29, 1.82) is 0 Å². The van der Waals surface area contributed by atoms with E-state index in [1.807, 2.05) is 4.90 Å². The number of benzene rings is 2. The first-order valence-corrected chi connectivity index (χ1v) is 7.68. The lowest BCUT2D eigenvalue weighted by atomic mass is 10.1. The fraction of sp³-hybridized carbons (Fsp3) is 0.235. The number of halogens is 3. The van der Waals surface area contributed by atoms with E-state index >= 15 is 0 Å². The van der Waals surface area contributed by atoms with E-state index in [-0.39, 0.29) is 22.3 Å². The molecular formula is C17H15ClF2N2O. The van der Waals surface area contributed by atoms with Crippen molar-refractivity contribution in [2.45, 2.75) is 0 Å². The molecule has 0 N–H and O–H groups in total. The van der Waals surface area contributed by atoms with Gasteiger partial charge < -0.3 is 9.80 Å². The molecular weight excluding hydrogens is 322 g/mol. The molecule has 0 spiro atoms. The summed E-state index contributed by atoms with van der Waals surface area (Å²) in [5, 5.41) is 0.253. The van der Waals surface area contributed by atoms with Crippen LogP contribution in [0.5, 0.6) is 0 Å². The van der Waals surface area contributed by atoms with Gasteiger partial charge in [-0.3, -0.25) is 4.79 Å². The highest BCUT2D eigenvalue weighted by Crippen LogP contribution is 2.22. The highest BCUT2D eigenvalue weighted by atomic mass is 35.5. The summed E-state index contributed by atoms with van der Waals surface area (Å²) < 4.78 is 27.7. The molecule has 3 nitrogen and oxygen atoms in total. The zero-order valence-electron chi connectivity index (χ0n) is 12.3. The molecule has 0 saturated carbocycles. The number of rotatable bonds is 2. The monoisotopic (exact) mass is 336 g/mol. The molecule has 2 aromatic rings. The molecule has 0 bridgehead atoms. The SMILES string of the molecule is O=C(c1ccc(Cl)cc1F)N1CCN(c2ccccc2F)CC1. The molecule has 0 aromatic heterocycles. The molecule has 0 radical (unpaired) electrons. The van der Waals surface area contributed by atoms with Gasteiger partial charge in [0.1, 0.15) is 11.6 Å². The van der Waals surface area contributed by atoms with E-state index in [4.69, 9.17) is 11.6 Å². The first-order valence-electron chi connectivity index (χ1n) is 7.30. The topological polar surface area (TPSA) is 23.6 Å². The number of carbonyl (C=O) groups excluding carboxylic acids is 1. The van der Waals surface area contributed by atoms with Crippen LogP contribution >= 0.6 is 11.6 Å². The summed E-state index contributed by atoms with van der Waals surface area (Å²) in [4.78, 5) is 15.9. The quantitative estimate of drug-likeness (QED) is 0.837. The second-order valence-electron chi connectivity index (χ2n) is 5.35. The van der Waals surface area contributed by atoms with Gasteiger partial charge in [-0.1, -0.05) is 23.7 Å². The lowest BCUT2D eigenvalue weighted by Gasteiger charge is -2.36. The predicted octanol–water partition coefficient (Wildman–Crippen LogP) is 3.58. The van der Waals surface area contributed by atoms with Gasteiger partial charge in [0.15, 0.2) is 0 Å². The van der Waals surface area contributed by atoms with Crippen molar-refractivity contribution < 1.29 is 13.6 Å².